The normalized spacial score (nSPS) is 13.3. The standard InChI is InChI=1S/C14H18N2O3S2/c1-10(14-15-6-7-20-14)8-16-21(18,19)13-5-3-4-12(9-17)11(13)2/h3-7,10,16-17H,8-9H2,1-2H3. The van der Waals surface area contributed by atoms with Gasteiger partial charge in [0.2, 0.25) is 10.0 Å². The van der Waals surface area contributed by atoms with Crippen LogP contribution in [0.3, 0.4) is 0 Å². The van der Waals surface area contributed by atoms with E-state index in [1.165, 1.54) is 11.3 Å². The molecule has 114 valence electrons. The number of hydrogen-bond acceptors (Lipinski definition) is 5. The first kappa shape index (κ1) is 16.1. The van der Waals surface area contributed by atoms with Crippen molar-refractivity contribution in [1.29, 1.82) is 0 Å². The van der Waals surface area contributed by atoms with Crippen molar-refractivity contribution in [2.45, 2.75) is 31.3 Å². The van der Waals surface area contributed by atoms with Crippen molar-refractivity contribution in [3.8, 4) is 0 Å². The smallest absolute Gasteiger partial charge is 0.240 e. The number of aliphatic hydroxyl groups is 1. The van der Waals surface area contributed by atoms with E-state index in [4.69, 9.17) is 0 Å². The van der Waals surface area contributed by atoms with Gasteiger partial charge in [0.15, 0.2) is 0 Å². The monoisotopic (exact) mass is 326 g/mol. The molecule has 2 N–H and O–H groups in total. The third kappa shape index (κ3) is 3.68. The zero-order chi connectivity index (χ0) is 15.5. The molecule has 1 aromatic heterocycles. The van der Waals surface area contributed by atoms with Crippen molar-refractivity contribution in [2.24, 2.45) is 0 Å². The number of hydrogen-bond donors (Lipinski definition) is 2. The summed E-state index contributed by atoms with van der Waals surface area (Å²) in [6.45, 7) is 3.74. The first-order valence-electron chi connectivity index (χ1n) is 6.54. The van der Waals surface area contributed by atoms with E-state index in [9.17, 15) is 13.5 Å². The molecule has 2 aromatic rings. The highest BCUT2D eigenvalue weighted by molar-refractivity contribution is 7.89. The van der Waals surface area contributed by atoms with Crippen LogP contribution in [0, 0.1) is 6.92 Å². The number of benzene rings is 1. The van der Waals surface area contributed by atoms with Crippen LogP contribution in [-0.4, -0.2) is 25.1 Å². The van der Waals surface area contributed by atoms with Crippen molar-refractivity contribution < 1.29 is 13.5 Å². The number of rotatable bonds is 6. The van der Waals surface area contributed by atoms with Crippen LogP contribution < -0.4 is 4.72 Å². The van der Waals surface area contributed by atoms with Gasteiger partial charge < -0.3 is 5.11 Å². The van der Waals surface area contributed by atoms with Gasteiger partial charge in [0, 0.05) is 24.0 Å². The fraction of sp³-hybridized carbons (Fsp3) is 0.357. The lowest BCUT2D eigenvalue weighted by atomic mass is 10.1. The fourth-order valence-corrected chi connectivity index (χ4v) is 4.12. The second-order valence-electron chi connectivity index (χ2n) is 4.82. The summed E-state index contributed by atoms with van der Waals surface area (Å²) in [5.74, 6) is 0.0149. The Bertz CT molecular complexity index is 697. The number of nitrogens with zero attached hydrogens (tertiary/aromatic N) is 1. The number of aliphatic hydroxyl groups excluding tert-OH is 1. The molecule has 2 rings (SSSR count). The molecule has 7 heteroatoms. The predicted octanol–water partition coefficient (Wildman–Crippen LogP) is 2.03. The molecular weight excluding hydrogens is 308 g/mol. The van der Waals surface area contributed by atoms with Crippen molar-refractivity contribution in [2.75, 3.05) is 6.54 Å². The Morgan fingerprint density at radius 3 is 2.81 bits per heavy atom. The van der Waals surface area contributed by atoms with E-state index in [0.29, 0.717) is 17.7 Å². The average Bonchev–Trinajstić information content (AvgIpc) is 2.99. The zero-order valence-electron chi connectivity index (χ0n) is 11.9. The SMILES string of the molecule is Cc1c(CO)cccc1S(=O)(=O)NCC(C)c1nccs1. The summed E-state index contributed by atoms with van der Waals surface area (Å²) in [5.41, 5.74) is 1.19. The van der Waals surface area contributed by atoms with Crippen LogP contribution in [0.2, 0.25) is 0 Å². The van der Waals surface area contributed by atoms with Crippen LogP contribution in [0.4, 0.5) is 0 Å². The topological polar surface area (TPSA) is 79.3 Å². The van der Waals surface area contributed by atoms with Crippen LogP contribution >= 0.6 is 11.3 Å². The summed E-state index contributed by atoms with van der Waals surface area (Å²) in [4.78, 5) is 4.39. The number of aromatic nitrogens is 1. The van der Waals surface area contributed by atoms with E-state index in [2.05, 4.69) is 9.71 Å². The third-order valence-corrected chi connectivity index (χ3v) is 5.88. The molecule has 21 heavy (non-hydrogen) atoms. The lowest BCUT2D eigenvalue weighted by Crippen LogP contribution is -2.28. The molecule has 0 aliphatic rings. The molecule has 1 aromatic carbocycles. The lowest BCUT2D eigenvalue weighted by Gasteiger charge is -2.13. The first-order valence-corrected chi connectivity index (χ1v) is 8.90. The van der Waals surface area contributed by atoms with Gasteiger partial charge in [-0.1, -0.05) is 19.1 Å². The molecule has 0 radical (unpaired) electrons. The van der Waals surface area contributed by atoms with Gasteiger partial charge in [-0.25, -0.2) is 18.1 Å². The van der Waals surface area contributed by atoms with Crippen LogP contribution in [0.15, 0.2) is 34.7 Å². The maximum absolute atomic E-state index is 12.4. The van der Waals surface area contributed by atoms with E-state index in [-0.39, 0.29) is 17.4 Å². The molecule has 0 amide bonds. The molecule has 1 heterocycles. The maximum Gasteiger partial charge on any atom is 0.240 e. The van der Waals surface area contributed by atoms with Gasteiger partial charge in [0.25, 0.3) is 0 Å². The minimum atomic E-state index is -3.59. The summed E-state index contributed by atoms with van der Waals surface area (Å²) in [6.07, 6.45) is 1.71. The summed E-state index contributed by atoms with van der Waals surface area (Å²) in [5, 5.41) is 12.0. The predicted molar refractivity (Wildman–Crippen MR) is 82.8 cm³/mol. The van der Waals surface area contributed by atoms with Gasteiger partial charge in [0.1, 0.15) is 0 Å². The van der Waals surface area contributed by atoms with E-state index >= 15 is 0 Å². The Labute approximate surface area is 128 Å². The number of nitrogens with one attached hydrogen (secondary N) is 1. The minimum absolute atomic E-state index is 0.0149. The Morgan fingerprint density at radius 2 is 2.19 bits per heavy atom. The maximum atomic E-state index is 12.4. The molecule has 0 spiro atoms. The molecule has 0 aliphatic carbocycles. The lowest BCUT2D eigenvalue weighted by molar-refractivity contribution is 0.280. The van der Waals surface area contributed by atoms with Gasteiger partial charge in [-0.05, 0) is 24.1 Å². The van der Waals surface area contributed by atoms with Crippen LogP contribution in [0.5, 0.6) is 0 Å². The molecule has 0 fully saturated rings. The largest absolute Gasteiger partial charge is 0.392 e. The Hall–Kier alpha value is -1.28. The van der Waals surface area contributed by atoms with E-state index < -0.39 is 10.0 Å². The van der Waals surface area contributed by atoms with Gasteiger partial charge >= 0.3 is 0 Å². The van der Waals surface area contributed by atoms with E-state index in [0.717, 1.165) is 5.01 Å². The zero-order valence-corrected chi connectivity index (χ0v) is 13.5. The Kier molecular flexibility index (Phi) is 5.10. The average molecular weight is 326 g/mol. The summed E-state index contributed by atoms with van der Waals surface area (Å²) >= 11 is 1.51. The molecule has 1 atom stereocenters. The number of thiazole rings is 1. The summed E-state index contributed by atoms with van der Waals surface area (Å²) in [7, 11) is -3.59. The van der Waals surface area contributed by atoms with Crippen LogP contribution in [0.25, 0.3) is 0 Å². The molecule has 5 nitrogen and oxygen atoms in total. The van der Waals surface area contributed by atoms with Crippen molar-refractivity contribution in [1.82, 2.24) is 9.71 Å². The number of sulfonamides is 1. The highest BCUT2D eigenvalue weighted by atomic mass is 32.2. The fourth-order valence-electron chi connectivity index (χ4n) is 2.00. The molecule has 1 unspecified atom stereocenters. The third-order valence-electron chi connectivity index (χ3n) is 3.31. The van der Waals surface area contributed by atoms with Gasteiger partial charge in [-0.15, -0.1) is 11.3 Å². The van der Waals surface area contributed by atoms with Crippen molar-refractivity contribution in [3.05, 3.63) is 45.9 Å². The Balaban J connectivity index is 2.16. The molecule has 0 bridgehead atoms. The second-order valence-corrected chi connectivity index (χ2v) is 7.48. The first-order chi connectivity index (χ1) is 9.95. The Morgan fingerprint density at radius 1 is 1.43 bits per heavy atom. The second kappa shape index (κ2) is 6.65. The highest BCUT2D eigenvalue weighted by Crippen LogP contribution is 2.21. The molecule has 0 saturated heterocycles. The van der Waals surface area contributed by atoms with E-state index in [1.807, 2.05) is 12.3 Å². The van der Waals surface area contributed by atoms with Crippen LogP contribution in [-0.2, 0) is 16.6 Å². The highest BCUT2D eigenvalue weighted by Gasteiger charge is 2.19. The summed E-state index contributed by atoms with van der Waals surface area (Å²) in [6, 6.07) is 4.90. The van der Waals surface area contributed by atoms with Crippen molar-refractivity contribution in [3.63, 3.8) is 0 Å². The molecular formula is C14H18N2O3S2. The van der Waals surface area contributed by atoms with E-state index in [1.54, 1.807) is 31.3 Å². The molecule has 0 aliphatic heterocycles. The van der Waals surface area contributed by atoms with Crippen LogP contribution in [0.1, 0.15) is 29.0 Å². The van der Waals surface area contributed by atoms with Gasteiger partial charge in [-0.3, -0.25) is 0 Å². The quantitative estimate of drug-likeness (QED) is 0.851. The van der Waals surface area contributed by atoms with Gasteiger partial charge in [0.05, 0.1) is 16.5 Å². The van der Waals surface area contributed by atoms with Gasteiger partial charge in [-0.2, -0.15) is 0 Å². The van der Waals surface area contributed by atoms with Crippen molar-refractivity contribution >= 4 is 21.4 Å². The molecule has 0 saturated carbocycles. The minimum Gasteiger partial charge on any atom is -0.392 e. The summed E-state index contributed by atoms with van der Waals surface area (Å²) < 4.78 is 27.4.